The fourth-order valence-corrected chi connectivity index (χ4v) is 3.99. The highest BCUT2D eigenvalue weighted by Gasteiger charge is 2.26. The van der Waals surface area contributed by atoms with Gasteiger partial charge in [-0.25, -0.2) is 4.79 Å². The van der Waals surface area contributed by atoms with Crippen molar-refractivity contribution >= 4 is 6.03 Å². The van der Waals surface area contributed by atoms with Crippen molar-refractivity contribution in [3.05, 3.63) is 0 Å². The van der Waals surface area contributed by atoms with Gasteiger partial charge in [0, 0.05) is 25.2 Å². The molecule has 2 rings (SSSR count). The van der Waals surface area contributed by atoms with Crippen LogP contribution >= 0.6 is 0 Å². The van der Waals surface area contributed by atoms with E-state index in [1.807, 2.05) is 13.8 Å². The minimum Gasteiger partial charge on any atom is -0.338 e. The van der Waals surface area contributed by atoms with Gasteiger partial charge in [-0.05, 0) is 58.4 Å². The zero-order valence-corrected chi connectivity index (χ0v) is 14.6. The molecule has 2 aliphatic rings. The van der Waals surface area contributed by atoms with Crippen LogP contribution in [-0.2, 0) is 0 Å². The molecule has 0 bridgehead atoms. The molecule has 0 radical (unpaired) electrons. The highest BCUT2D eigenvalue weighted by Crippen LogP contribution is 2.27. The SMILES string of the molecule is CC(C)NC(=O)NCCC1CCCN(C2CCCCCC2)C1. The molecule has 22 heavy (non-hydrogen) atoms. The maximum Gasteiger partial charge on any atom is 0.314 e. The lowest BCUT2D eigenvalue weighted by Gasteiger charge is -2.38. The third-order valence-corrected chi connectivity index (χ3v) is 5.15. The second-order valence-electron chi connectivity index (χ2n) is 7.49. The van der Waals surface area contributed by atoms with E-state index < -0.39 is 0 Å². The van der Waals surface area contributed by atoms with Crippen molar-refractivity contribution in [3.8, 4) is 0 Å². The van der Waals surface area contributed by atoms with E-state index in [0.29, 0.717) is 0 Å². The summed E-state index contributed by atoms with van der Waals surface area (Å²) >= 11 is 0. The van der Waals surface area contributed by atoms with Crippen molar-refractivity contribution < 1.29 is 4.79 Å². The van der Waals surface area contributed by atoms with E-state index in [2.05, 4.69) is 15.5 Å². The zero-order chi connectivity index (χ0) is 15.8. The zero-order valence-electron chi connectivity index (χ0n) is 14.6. The highest BCUT2D eigenvalue weighted by atomic mass is 16.2. The van der Waals surface area contributed by atoms with Crippen molar-refractivity contribution in [2.24, 2.45) is 5.92 Å². The molecule has 128 valence electrons. The molecule has 0 aromatic rings. The van der Waals surface area contributed by atoms with Crippen molar-refractivity contribution in [1.82, 2.24) is 15.5 Å². The Morgan fingerprint density at radius 2 is 1.82 bits per heavy atom. The van der Waals surface area contributed by atoms with E-state index in [0.717, 1.165) is 24.9 Å². The van der Waals surface area contributed by atoms with Gasteiger partial charge < -0.3 is 15.5 Å². The average Bonchev–Trinajstić information content (AvgIpc) is 2.76. The molecule has 1 aliphatic heterocycles. The average molecular weight is 309 g/mol. The summed E-state index contributed by atoms with van der Waals surface area (Å²) < 4.78 is 0. The number of hydrogen-bond acceptors (Lipinski definition) is 2. The van der Waals surface area contributed by atoms with Crippen molar-refractivity contribution in [2.45, 2.75) is 83.7 Å². The van der Waals surface area contributed by atoms with Gasteiger partial charge in [-0.15, -0.1) is 0 Å². The Morgan fingerprint density at radius 1 is 1.09 bits per heavy atom. The lowest BCUT2D eigenvalue weighted by Crippen LogP contribution is -2.44. The summed E-state index contributed by atoms with van der Waals surface area (Å²) in [7, 11) is 0. The van der Waals surface area contributed by atoms with Gasteiger partial charge in [0.1, 0.15) is 0 Å². The molecule has 1 saturated carbocycles. The van der Waals surface area contributed by atoms with Gasteiger partial charge in [-0.3, -0.25) is 0 Å². The number of nitrogens with zero attached hydrogens (tertiary/aromatic N) is 1. The summed E-state index contributed by atoms with van der Waals surface area (Å²) in [5, 5.41) is 5.88. The fourth-order valence-electron chi connectivity index (χ4n) is 3.99. The number of urea groups is 1. The molecule has 1 unspecified atom stereocenters. The highest BCUT2D eigenvalue weighted by molar-refractivity contribution is 5.73. The Hall–Kier alpha value is -0.770. The first-order chi connectivity index (χ1) is 10.6. The van der Waals surface area contributed by atoms with Gasteiger partial charge in [-0.1, -0.05) is 25.7 Å². The van der Waals surface area contributed by atoms with Gasteiger partial charge in [-0.2, -0.15) is 0 Å². The van der Waals surface area contributed by atoms with Crippen LogP contribution in [0.1, 0.15) is 71.6 Å². The van der Waals surface area contributed by atoms with E-state index in [9.17, 15) is 4.79 Å². The molecule has 4 nitrogen and oxygen atoms in total. The largest absolute Gasteiger partial charge is 0.338 e. The summed E-state index contributed by atoms with van der Waals surface area (Å²) in [5.74, 6) is 0.761. The van der Waals surface area contributed by atoms with Crippen LogP contribution in [0.15, 0.2) is 0 Å². The van der Waals surface area contributed by atoms with E-state index in [1.54, 1.807) is 0 Å². The number of carbonyl (C=O) groups excluding carboxylic acids is 1. The lowest BCUT2D eigenvalue weighted by molar-refractivity contribution is 0.109. The summed E-state index contributed by atoms with van der Waals surface area (Å²) in [6.07, 6.45) is 12.3. The maximum absolute atomic E-state index is 11.6. The van der Waals surface area contributed by atoms with Crippen LogP contribution in [-0.4, -0.2) is 42.6 Å². The first-order valence-electron chi connectivity index (χ1n) is 9.43. The predicted molar refractivity (Wildman–Crippen MR) is 92.1 cm³/mol. The standard InChI is InChI=1S/C18H35N3O/c1-15(2)20-18(22)19-12-11-16-8-7-13-21(14-16)17-9-5-3-4-6-10-17/h15-17H,3-14H2,1-2H3,(H2,19,20,22). The topological polar surface area (TPSA) is 44.4 Å². The molecule has 1 saturated heterocycles. The monoisotopic (exact) mass is 309 g/mol. The molecule has 0 aromatic carbocycles. The van der Waals surface area contributed by atoms with Crippen LogP contribution in [0.4, 0.5) is 4.79 Å². The Balaban J connectivity index is 1.68. The van der Waals surface area contributed by atoms with Crippen molar-refractivity contribution in [2.75, 3.05) is 19.6 Å². The van der Waals surface area contributed by atoms with Crippen LogP contribution < -0.4 is 10.6 Å². The smallest absolute Gasteiger partial charge is 0.314 e. The van der Waals surface area contributed by atoms with Gasteiger partial charge in [0.2, 0.25) is 0 Å². The fraction of sp³-hybridized carbons (Fsp3) is 0.944. The van der Waals surface area contributed by atoms with Crippen molar-refractivity contribution in [3.63, 3.8) is 0 Å². The lowest BCUT2D eigenvalue weighted by atomic mass is 9.92. The number of hydrogen-bond donors (Lipinski definition) is 2. The Labute approximate surface area is 136 Å². The summed E-state index contributed by atoms with van der Waals surface area (Å²) in [4.78, 5) is 14.4. The van der Waals surface area contributed by atoms with Crippen LogP contribution in [0, 0.1) is 5.92 Å². The Morgan fingerprint density at radius 3 is 2.50 bits per heavy atom. The molecular weight excluding hydrogens is 274 g/mol. The third kappa shape index (κ3) is 6.15. The van der Waals surface area contributed by atoms with E-state index in [-0.39, 0.29) is 12.1 Å². The molecule has 1 aliphatic carbocycles. The predicted octanol–water partition coefficient (Wildman–Crippen LogP) is 3.52. The molecule has 1 heterocycles. The molecule has 1 atom stereocenters. The number of piperidine rings is 1. The maximum atomic E-state index is 11.6. The quantitative estimate of drug-likeness (QED) is 0.763. The van der Waals surface area contributed by atoms with Crippen LogP contribution in [0.2, 0.25) is 0 Å². The number of likely N-dealkylation sites (tertiary alicyclic amines) is 1. The van der Waals surface area contributed by atoms with Gasteiger partial charge in [0.05, 0.1) is 0 Å². The van der Waals surface area contributed by atoms with E-state index in [4.69, 9.17) is 0 Å². The number of carbonyl (C=O) groups is 1. The number of amides is 2. The molecule has 2 amide bonds. The Kier molecular flexibility index (Phi) is 7.50. The minimum atomic E-state index is -0.0218. The Bertz CT molecular complexity index is 324. The van der Waals surface area contributed by atoms with Gasteiger partial charge >= 0.3 is 6.03 Å². The molecule has 4 heteroatoms. The van der Waals surface area contributed by atoms with E-state index >= 15 is 0 Å². The minimum absolute atomic E-state index is 0.0218. The first kappa shape index (κ1) is 17.6. The molecule has 0 aromatic heterocycles. The normalized spacial score (nSPS) is 25.0. The number of nitrogens with one attached hydrogen (secondary N) is 2. The number of rotatable bonds is 5. The van der Waals surface area contributed by atoms with Crippen LogP contribution in [0.5, 0.6) is 0 Å². The van der Waals surface area contributed by atoms with Crippen LogP contribution in [0.3, 0.4) is 0 Å². The first-order valence-corrected chi connectivity index (χ1v) is 9.43. The second-order valence-corrected chi connectivity index (χ2v) is 7.49. The third-order valence-electron chi connectivity index (χ3n) is 5.15. The summed E-state index contributed by atoms with van der Waals surface area (Å²) in [6, 6.07) is 1.02. The van der Waals surface area contributed by atoms with Gasteiger partial charge in [0.15, 0.2) is 0 Å². The van der Waals surface area contributed by atoms with Gasteiger partial charge in [0.25, 0.3) is 0 Å². The van der Waals surface area contributed by atoms with Crippen molar-refractivity contribution in [1.29, 1.82) is 0 Å². The van der Waals surface area contributed by atoms with E-state index in [1.165, 1.54) is 64.5 Å². The molecule has 2 N–H and O–H groups in total. The molecule has 0 spiro atoms. The summed E-state index contributed by atoms with van der Waals surface area (Å²) in [5.41, 5.74) is 0. The van der Waals surface area contributed by atoms with Crippen LogP contribution in [0.25, 0.3) is 0 Å². The second kappa shape index (κ2) is 9.39. The molecular formula is C18H35N3O. The summed E-state index contributed by atoms with van der Waals surface area (Å²) in [6.45, 7) is 7.33. The molecule has 2 fully saturated rings.